The molecular formula is C50H61BrF2N11O5P. The molecule has 5 aromatic rings. The molecule has 4 aliphatic rings. The first-order valence-corrected chi connectivity index (χ1v) is 27.7. The Balaban J connectivity index is 0.796. The number of ether oxygens (including phenoxy) is 1. The number of nitrogens with one attached hydrogen (secondary N) is 3. The van der Waals surface area contributed by atoms with Crippen LogP contribution in [0.15, 0.2) is 58.1 Å². The number of nitrogens with zero attached hydrogens (tertiary/aromatic N) is 8. The van der Waals surface area contributed by atoms with E-state index in [-0.39, 0.29) is 24.0 Å². The van der Waals surface area contributed by atoms with E-state index in [4.69, 9.17) is 9.72 Å². The number of imide groups is 1. The van der Waals surface area contributed by atoms with Crippen LogP contribution in [0.1, 0.15) is 63.5 Å². The third kappa shape index (κ3) is 10.3. The molecule has 70 heavy (non-hydrogen) atoms. The van der Waals surface area contributed by atoms with Crippen LogP contribution in [-0.2, 0) is 27.1 Å². The number of hydrogen-bond donors (Lipinski definition) is 3. The van der Waals surface area contributed by atoms with Gasteiger partial charge in [-0.05, 0) is 105 Å². The number of aryl methyl sites for hydroxylation is 2. The molecular weight excluding hydrogens is 983 g/mol. The minimum absolute atomic E-state index is 0.0611. The van der Waals surface area contributed by atoms with Crippen LogP contribution in [0.5, 0.6) is 5.75 Å². The number of piperazine rings is 1. The van der Waals surface area contributed by atoms with Crippen molar-refractivity contribution in [3.63, 3.8) is 0 Å². The lowest BCUT2D eigenvalue weighted by Gasteiger charge is -2.47. The van der Waals surface area contributed by atoms with Crippen molar-refractivity contribution in [2.24, 2.45) is 5.92 Å². The van der Waals surface area contributed by atoms with Gasteiger partial charge in [0, 0.05) is 124 Å². The van der Waals surface area contributed by atoms with E-state index in [9.17, 15) is 18.9 Å². The Kier molecular flexibility index (Phi) is 14.6. The van der Waals surface area contributed by atoms with Gasteiger partial charge in [0.1, 0.15) is 30.3 Å². The van der Waals surface area contributed by atoms with Crippen molar-refractivity contribution in [3.05, 3.63) is 86.4 Å². The zero-order valence-corrected chi connectivity index (χ0v) is 42.8. The van der Waals surface area contributed by atoms with Crippen molar-refractivity contribution >= 4 is 85.5 Å². The minimum Gasteiger partial charge on any atom is -0.492 e. The fourth-order valence-electron chi connectivity index (χ4n) is 10.6. The predicted molar refractivity (Wildman–Crippen MR) is 274 cm³/mol. The molecule has 1 atom stereocenters. The molecule has 4 saturated heterocycles. The van der Waals surface area contributed by atoms with Gasteiger partial charge >= 0.3 is 0 Å². The van der Waals surface area contributed by atoms with E-state index in [1.165, 1.54) is 22.4 Å². The summed E-state index contributed by atoms with van der Waals surface area (Å²) in [6.45, 7) is 18.4. The molecule has 6 heterocycles. The summed E-state index contributed by atoms with van der Waals surface area (Å²) in [6.07, 6.45) is 6.35. The summed E-state index contributed by atoms with van der Waals surface area (Å²) in [5.74, 6) is -1.67. The molecule has 3 aromatic carbocycles. The topological polar surface area (TPSA) is 170 Å². The van der Waals surface area contributed by atoms with Crippen molar-refractivity contribution in [2.45, 2.75) is 71.4 Å². The lowest BCUT2D eigenvalue weighted by atomic mass is 9.89. The summed E-state index contributed by atoms with van der Waals surface area (Å²) in [4.78, 5) is 56.0. The van der Waals surface area contributed by atoms with Gasteiger partial charge in [-0.25, -0.2) is 18.4 Å². The first-order valence-electron chi connectivity index (χ1n) is 24.4. The van der Waals surface area contributed by atoms with E-state index in [1.807, 2.05) is 18.7 Å². The first kappa shape index (κ1) is 49.5. The van der Waals surface area contributed by atoms with Crippen LogP contribution in [0.3, 0.4) is 0 Å². The number of carbonyl (C=O) groups is 2. The molecule has 4 fully saturated rings. The van der Waals surface area contributed by atoms with Gasteiger partial charge < -0.3 is 34.6 Å². The normalized spacial score (nSPS) is 18.8. The van der Waals surface area contributed by atoms with Gasteiger partial charge in [-0.2, -0.15) is 10.1 Å². The molecule has 0 radical (unpaired) electrons. The molecule has 4 aliphatic heterocycles. The zero-order chi connectivity index (χ0) is 49.4. The van der Waals surface area contributed by atoms with Gasteiger partial charge in [0.15, 0.2) is 0 Å². The Morgan fingerprint density at radius 1 is 0.871 bits per heavy atom. The average Bonchev–Trinajstić information content (AvgIpc) is 3.32. The van der Waals surface area contributed by atoms with Crippen molar-refractivity contribution in [1.82, 2.24) is 34.9 Å². The number of rotatable bonds is 15. The Morgan fingerprint density at radius 2 is 1.60 bits per heavy atom. The molecule has 9 rings (SSSR count). The van der Waals surface area contributed by atoms with Crippen LogP contribution in [0.2, 0.25) is 0 Å². The van der Waals surface area contributed by atoms with Crippen molar-refractivity contribution in [2.75, 3.05) is 99.3 Å². The van der Waals surface area contributed by atoms with Crippen molar-refractivity contribution < 1.29 is 27.7 Å². The number of piperidine rings is 2. The molecule has 0 unspecified atom stereocenters. The van der Waals surface area contributed by atoms with Crippen LogP contribution < -0.4 is 41.4 Å². The standard InChI is InChI=1S/C50H61BrF2N11O5P/c1-6-31-21-41(57-50-54-26-37(51)47(59-50)56-40-11-9-34-36(46(40)70(4,5)68)25-55-64(7-2)49(34)67)43(69-8-3)24-42(31)62-15-13-32(14-16-62)61-19-17-60(18-20-61)27-30-28-63(29-30)33-22-38(52)45(39(53)23-33)35-10-12-44(65)58-48(35)66/h9,11,21-26,30,32,35H,6-8,10,12-20,27-29H2,1-5H3,(H,58,65,66)(H2,54,56,57,59)/t35-/m1/s1. The Morgan fingerprint density at radius 3 is 2.26 bits per heavy atom. The fourth-order valence-corrected chi connectivity index (χ4v) is 12.3. The predicted octanol–water partition coefficient (Wildman–Crippen LogP) is 7.19. The Hall–Kier alpha value is -5.49. The second-order valence-corrected chi connectivity index (χ2v) is 23.1. The fraction of sp³-hybridized carbons (Fsp3) is 0.480. The highest BCUT2D eigenvalue weighted by Gasteiger charge is 2.36. The molecule has 2 aromatic heterocycles. The third-order valence-corrected chi connectivity index (χ3v) is 16.3. The Labute approximate surface area is 415 Å². The third-order valence-electron chi connectivity index (χ3n) is 14.2. The number of amides is 2. The second-order valence-electron chi connectivity index (χ2n) is 19.1. The van der Waals surface area contributed by atoms with E-state index < -0.39 is 36.5 Å². The molecule has 372 valence electrons. The number of fused-ring (bicyclic) bond motifs is 1. The SMILES string of the molecule is CCOc1cc(N2CCC(N3CCN(CC4CN(c5cc(F)c([C@H]6CCC(=O)NC6=O)c(F)c5)C4)CC3)CC2)c(CC)cc1Nc1ncc(Br)c(Nc2ccc3c(=O)n(CC)ncc3c2P(C)(C)=O)n1. The van der Waals surface area contributed by atoms with E-state index in [0.29, 0.717) is 74.6 Å². The average molecular weight is 1040 g/mol. The Bertz CT molecular complexity index is 2890. The zero-order valence-electron chi connectivity index (χ0n) is 40.4. The highest BCUT2D eigenvalue weighted by Crippen LogP contribution is 2.42. The van der Waals surface area contributed by atoms with Crippen LogP contribution in [-0.4, -0.2) is 126 Å². The summed E-state index contributed by atoms with van der Waals surface area (Å²) in [5.41, 5.74) is 3.65. The largest absolute Gasteiger partial charge is 0.492 e. The van der Waals surface area contributed by atoms with E-state index in [2.05, 4.69) is 75.7 Å². The minimum atomic E-state index is -2.92. The number of anilines is 6. The quantitative estimate of drug-likeness (QED) is 0.0712. The highest BCUT2D eigenvalue weighted by molar-refractivity contribution is 9.10. The van der Waals surface area contributed by atoms with Gasteiger partial charge in [0.2, 0.25) is 17.8 Å². The lowest BCUT2D eigenvalue weighted by Crippen LogP contribution is -2.57. The van der Waals surface area contributed by atoms with Gasteiger partial charge in [-0.3, -0.25) is 24.6 Å². The monoisotopic (exact) mass is 1040 g/mol. The summed E-state index contributed by atoms with van der Waals surface area (Å²) in [7, 11) is -2.92. The van der Waals surface area contributed by atoms with Gasteiger partial charge in [0.05, 0.1) is 40.0 Å². The second kappa shape index (κ2) is 20.7. The molecule has 2 amide bonds. The molecule has 16 nitrogen and oxygen atoms in total. The number of halogens is 3. The molecule has 0 aliphatic carbocycles. The highest BCUT2D eigenvalue weighted by atomic mass is 79.9. The van der Waals surface area contributed by atoms with Crippen molar-refractivity contribution in [1.29, 1.82) is 0 Å². The number of hydrogen-bond acceptors (Lipinski definition) is 14. The molecule has 0 saturated carbocycles. The maximum Gasteiger partial charge on any atom is 0.274 e. The van der Waals surface area contributed by atoms with Crippen LogP contribution in [0.25, 0.3) is 10.8 Å². The molecule has 0 bridgehead atoms. The summed E-state index contributed by atoms with van der Waals surface area (Å²) in [6, 6.07) is 10.9. The lowest BCUT2D eigenvalue weighted by molar-refractivity contribution is -0.134. The summed E-state index contributed by atoms with van der Waals surface area (Å²) >= 11 is 3.60. The van der Waals surface area contributed by atoms with Crippen LogP contribution >= 0.6 is 23.1 Å². The van der Waals surface area contributed by atoms with E-state index in [0.717, 1.165) is 89.5 Å². The van der Waals surface area contributed by atoms with Gasteiger partial charge in [-0.15, -0.1) is 0 Å². The van der Waals surface area contributed by atoms with Crippen LogP contribution in [0, 0.1) is 17.6 Å². The van der Waals surface area contributed by atoms with Gasteiger partial charge in [-0.1, -0.05) is 6.92 Å². The number of aromatic nitrogens is 4. The van der Waals surface area contributed by atoms with Gasteiger partial charge in [0.25, 0.3) is 5.56 Å². The van der Waals surface area contributed by atoms with Crippen LogP contribution in [0.4, 0.5) is 43.3 Å². The number of carbonyl (C=O) groups excluding carboxylic acids is 2. The molecule has 20 heteroatoms. The smallest absolute Gasteiger partial charge is 0.274 e. The summed E-state index contributed by atoms with van der Waals surface area (Å²) < 4.78 is 52.4. The van der Waals surface area contributed by atoms with E-state index >= 15 is 8.78 Å². The first-order chi connectivity index (χ1) is 33.6. The maximum atomic E-state index is 15.2. The maximum absolute atomic E-state index is 15.2. The number of benzene rings is 3. The summed E-state index contributed by atoms with van der Waals surface area (Å²) in [5, 5.41) is 14.8. The molecule has 0 spiro atoms. The van der Waals surface area contributed by atoms with E-state index in [1.54, 1.807) is 37.9 Å². The molecule has 3 N–H and O–H groups in total. The van der Waals surface area contributed by atoms with Crippen molar-refractivity contribution in [3.8, 4) is 5.75 Å².